The summed E-state index contributed by atoms with van der Waals surface area (Å²) in [6, 6.07) is 13.5. The fourth-order valence-corrected chi connectivity index (χ4v) is 4.62. The number of imide groups is 1. The van der Waals surface area contributed by atoms with Gasteiger partial charge in [-0.1, -0.05) is 43.3 Å². The maximum absolute atomic E-state index is 12.9. The van der Waals surface area contributed by atoms with Crippen LogP contribution in [0.15, 0.2) is 47.8 Å². The van der Waals surface area contributed by atoms with Gasteiger partial charge in [0.1, 0.15) is 6.04 Å². The minimum absolute atomic E-state index is 0.0432. The Morgan fingerprint density at radius 1 is 1.08 bits per heavy atom. The molecule has 2 aliphatic heterocycles. The van der Waals surface area contributed by atoms with Gasteiger partial charge in [0.15, 0.2) is 0 Å². The van der Waals surface area contributed by atoms with Crippen LogP contribution in [0.5, 0.6) is 0 Å². The number of nitrogens with one attached hydrogen (secondary N) is 1. The molecule has 1 aromatic carbocycles. The number of hydrazine groups is 1. The molecule has 0 bridgehead atoms. The molecule has 4 rings (SSSR count). The second-order valence-corrected chi connectivity index (χ2v) is 7.51. The zero-order valence-corrected chi connectivity index (χ0v) is 14.9. The van der Waals surface area contributed by atoms with Crippen molar-refractivity contribution in [3.8, 4) is 0 Å². The summed E-state index contributed by atoms with van der Waals surface area (Å²) in [5.41, 5.74) is 4.56. The van der Waals surface area contributed by atoms with Crippen molar-refractivity contribution >= 4 is 23.2 Å². The predicted octanol–water partition coefficient (Wildman–Crippen LogP) is 2.57. The molecular formula is C19H21N3O2S. The Balaban J connectivity index is 1.67. The van der Waals surface area contributed by atoms with Crippen LogP contribution in [0.1, 0.15) is 29.8 Å². The molecule has 3 atom stereocenters. The Morgan fingerprint density at radius 3 is 2.56 bits per heavy atom. The van der Waals surface area contributed by atoms with Crippen molar-refractivity contribution in [1.29, 1.82) is 0 Å². The highest BCUT2D eigenvalue weighted by Gasteiger charge is 2.58. The van der Waals surface area contributed by atoms with E-state index in [9.17, 15) is 9.59 Å². The molecule has 0 saturated carbocycles. The molecule has 2 saturated heterocycles. The number of carbonyl (C=O) groups is 2. The average molecular weight is 355 g/mol. The zero-order valence-electron chi connectivity index (χ0n) is 14.1. The van der Waals surface area contributed by atoms with Crippen LogP contribution in [0.4, 0.5) is 0 Å². The topological polar surface area (TPSA) is 52.7 Å². The molecule has 25 heavy (non-hydrogen) atoms. The second kappa shape index (κ2) is 6.71. The molecule has 2 aliphatic rings. The first kappa shape index (κ1) is 16.4. The van der Waals surface area contributed by atoms with E-state index in [1.54, 1.807) is 11.3 Å². The van der Waals surface area contributed by atoms with E-state index in [2.05, 4.69) is 5.43 Å². The Kier molecular flexibility index (Phi) is 4.41. The number of benzene rings is 1. The van der Waals surface area contributed by atoms with Crippen LogP contribution in [0, 0.1) is 5.92 Å². The lowest BCUT2D eigenvalue weighted by molar-refractivity contribution is -0.141. The monoisotopic (exact) mass is 355 g/mol. The van der Waals surface area contributed by atoms with Crippen molar-refractivity contribution in [2.24, 2.45) is 5.92 Å². The number of hydrogen-bond acceptors (Lipinski definition) is 5. The van der Waals surface area contributed by atoms with Gasteiger partial charge >= 0.3 is 0 Å². The number of fused-ring (bicyclic) bond motifs is 1. The highest BCUT2D eigenvalue weighted by Crippen LogP contribution is 2.41. The van der Waals surface area contributed by atoms with Crippen molar-refractivity contribution in [3.63, 3.8) is 0 Å². The quantitative estimate of drug-likeness (QED) is 0.838. The van der Waals surface area contributed by atoms with Crippen LogP contribution in [0.3, 0.4) is 0 Å². The van der Waals surface area contributed by atoms with E-state index in [1.807, 2.05) is 59.8 Å². The lowest BCUT2D eigenvalue weighted by Crippen LogP contribution is -2.45. The van der Waals surface area contributed by atoms with Crippen molar-refractivity contribution in [2.45, 2.75) is 32.0 Å². The summed E-state index contributed by atoms with van der Waals surface area (Å²) in [6.45, 7) is 3.09. The van der Waals surface area contributed by atoms with Gasteiger partial charge in [0, 0.05) is 18.0 Å². The Labute approximate surface area is 151 Å². The van der Waals surface area contributed by atoms with Crippen LogP contribution in [-0.4, -0.2) is 34.3 Å². The van der Waals surface area contributed by atoms with Crippen molar-refractivity contribution in [2.75, 3.05) is 6.54 Å². The summed E-state index contributed by atoms with van der Waals surface area (Å²) in [5.74, 6) is -0.459. The van der Waals surface area contributed by atoms with Gasteiger partial charge in [0.25, 0.3) is 0 Å². The number of likely N-dealkylation sites (tertiary alicyclic amines) is 1. The number of hydrogen-bond donors (Lipinski definition) is 1. The predicted molar refractivity (Wildman–Crippen MR) is 96.5 cm³/mol. The minimum Gasteiger partial charge on any atom is -0.281 e. The van der Waals surface area contributed by atoms with E-state index in [1.165, 1.54) is 4.90 Å². The molecule has 0 radical (unpaired) electrons. The van der Waals surface area contributed by atoms with Crippen molar-refractivity contribution in [1.82, 2.24) is 15.3 Å². The summed E-state index contributed by atoms with van der Waals surface area (Å²) in [7, 11) is 0. The van der Waals surface area contributed by atoms with E-state index in [4.69, 9.17) is 0 Å². The molecular weight excluding hydrogens is 334 g/mol. The lowest BCUT2D eigenvalue weighted by Gasteiger charge is -2.24. The summed E-state index contributed by atoms with van der Waals surface area (Å²) < 4.78 is 0. The average Bonchev–Trinajstić information content (AvgIpc) is 3.31. The van der Waals surface area contributed by atoms with Gasteiger partial charge in [-0.05, 0) is 23.4 Å². The Bertz CT molecular complexity index is 762. The van der Waals surface area contributed by atoms with E-state index >= 15 is 0 Å². The summed E-state index contributed by atoms with van der Waals surface area (Å²) in [5, 5.41) is 3.97. The fraction of sp³-hybridized carbons (Fsp3) is 0.368. The number of thiophene rings is 1. The standard InChI is InChI=1S/C19H21N3O2S/c1-2-10-21-18(23)15-16(14-9-6-11-25-14)20-22(17(15)19(21)24)12-13-7-4-3-5-8-13/h3-9,11,15-17,20H,2,10,12H2,1H3/t15-,16+,17+/m1/s1. The third-order valence-corrected chi connectivity index (χ3v) is 5.86. The maximum Gasteiger partial charge on any atom is 0.248 e. The van der Waals surface area contributed by atoms with Gasteiger partial charge in [-0.2, -0.15) is 0 Å². The third kappa shape index (κ3) is 2.80. The number of amides is 2. The van der Waals surface area contributed by atoms with Crippen LogP contribution >= 0.6 is 11.3 Å². The van der Waals surface area contributed by atoms with Gasteiger partial charge in [0.2, 0.25) is 11.8 Å². The van der Waals surface area contributed by atoms with E-state index in [0.717, 1.165) is 16.9 Å². The Morgan fingerprint density at radius 2 is 1.88 bits per heavy atom. The first-order chi connectivity index (χ1) is 12.2. The molecule has 130 valence electrons. The molecule has 2 amide bonds. The Hall–Kier alpha value is -2.02. The fourth-order valence-electron chi connectivity index (χ4n) is 3.81. The summed E-state index contributed by atoms with van der Waals surface area (Å²) in [6.07, 6.45) is 0.784. The van der Waals surface area contributed by atoms with Crippen molar-refractivity contribution < 1.29 is 9.59 Å². The molecule has 1 aromatic heterocycles. The van der Waals surface area contributed by atoms with E-state index in [0.29, 0.717) is 13.1 Å². The number of rotatable bonds is 5. The first-order valence-electron chi connectivity index (χ1n) is 8.66. The molecule has 0 aliphatic carbocycles. The molecule has 0 spiro atoms. The third-order valence-electron chi connectivity index (χ3n) is 4.90. The summed E-state index contributed by atoms with van der Waals surface area (Å²) >= 11 is 1.62. The van der Waals surface area contributed by atoms with Crippen LogP contribution in [0.25, 0.3) is 0 Å². The summed E-state index contributed by atoms with van der Waals surface area (Å²) in [4.78, 5) is 28.4. The van der Waals surface area contributed by atoms with Gasteiger partial charge < -0.3 is 0 Å². The number of nitrogens with zero attached hydrogens (tertiary/aromatic N) is 2. The smallest absolute Gasteiger partial charge is 0.248 e. The zero-order chi connectivity index (χ0) is 17.4. The van der Waals surface area contributed by atoms with Gasteiger partial charge in [-0.25, -0.2) is 10.4 Å². The molecule has 0 unspecified atom stereocenters. The van der Waals surface area contributed by atoms with Crippen LogP contribution in [0.2, 0.25) is 0 Å². The molecule has 2 aromatic rings. The molecule has 6 heteroatoms. The molecule has 5 nitrogen and oxygen atoms in total. The van der Waals surface area contributed by atoms with Gasteiger partial charge in [0.05, 0.1) is 12.0 Å². The SMILES string of the molecule is CCCN1C(=O)[C@H]2[C@@H](C1=O)N(Cc1ccccc1)N[C@H]2c1cccs1. The highest BCUT2D eigenvalue weighted by atomic mass is 32.1. The maximum atomic E-state index is 12.9. The van der Waals surface area contributed by atoms with Crippen molar-refractivity contribution in [3.05, 3.63) is 58.3 Å². The normalized spacial score (nSPS) is 26.4. The lowest BCUT2D eigenvalue weighted by atomic mass is 9.95. The minimum atomic E-state index is -0.425. The van der Waals surface area contributed by atoms with Gasteiger partial charge in [-0.3, -0.25) is 14.5 Å². The largest absolute Gasteiger partial charge is 0.281 e. The number of carbonyl (C=O) groups excluding carboxylic acids is 2. The van der Waals surface area contributed by atoms with Crippen LogP contribution in [-0.2, 0) is 16.1 Å². The molecule has 1 N–H and O–H groups in total. The molecule has 3 heterocycles. The van der Waals surface area contributed by atoms with Gasteiger partial charge in [-0.15, -0.1) is 11.3 Å². The van der Waals surface area contributed by atoms with E-state index < -0.39 is 6.04 Å². The highest BCUT2D eigenvalue weighted by molar-refractivity contribution is 7.10. The first-order valence-corrected chi connectivity index (χ1v) is 9.54. The molecule has 2 fully saturated rings. The van der Waals surface area contributed by atoms with Crippen LogP contribution < -0.4 is 5.43 Å². The van der Waals surface area contributed by atoms with E-state index in [-0.39, 0.29) is 23.8 Å². The second-order valence-electron chi connectivity index (χ2n) is 6.53.